The van der Waals surface area contributed by atoms with Gasteiger partial charge in [-0.25, -0.2) is 4.98 Å². The molecule has 1 aromatic heterocycles. The minimum absolute atomic E-state index is 0.157. The number of nitriles is 1. The van der Waals surface area contributed by atoms with E-state index < -0.39 is 0 Å². The molecule has 0 saturated heterocycles. The number of H-pyrrole nitrogens is 1. The lowest BCUT2D eigenvalue weighted by atomic mass is 10.0. The van der Waals surface area contributed by atoms with Gasteiger partial charge < -0.3 is 14.5 Å². The maximum atomic E-state index is 9.67. The monoisotopic (exact) mass is 345 g/mol. The van der Waals surface area contributed by atoms with Crippen molar-refractivity contribution in [2.45, 2.75) is 26.4 Å². The highest BCUT2D eigenvalue weighted by Gasteiger charge is 2.22. The molecule has 5 heteroatoms. The Bertz CT molecular complexity index is 1010. The normalized spacial score (nSPS) is 16.2. The number of aromatic nitrogens is 2. The molecule has 2 heterocycles. The first-order chi connectivity index (χ1) is 12.7. The lowest BCUT2D eigenvalue weighted by Crippen LogP contribution is -2.05. The van der Waals surface area contributed by atoms with E-state index in [0.717, 1.165) is 40.1 Å². The Labute approximate surface area is 151 Å². The van der Waals surface area contributed by atoms with Crippen LogP contribution in [0, 0.1) is 11.3 Å². The maximum Gasteiger partial charge on any atom is 0.149 e. The molecule has 1 aliphatic heterocycles. The number of hydrogen-bond donors (Lipinski definition) is 1. The van der Waals surface area contributed by atoms with Gasteiger partial charge in [-0.3, -0.25) is 0 Å². The highest BCUT2D eigenvalue weighted by Crippen LogP contribution is 2.36. The van der Waals surface area contributed by atoms with E-state index in [0.29, 0.717) is 18.0 Å². The van der Waals surface area contributed by atoms with Gasteiger partial charge in [-0.05, 0) is 44.2 Å². The number of nitrogens with one attached hydrogen (secondary N) is 1. The van der Waals surface area contributed by atoms with Crippen LogP contribution in [0.2, 0.25) is 0 Å². The first-order valence-corrected chi connectivity index (χ1v) is 8.71. The zero-order valence-corrected chi connectivity index (χ0v) is 14.7. The molecule has 0 aliphatic carbocycles. The first-order valence-electron chi connectivity index (χ1n) is 8.71. The Kier molecular flexibility index (Phi) is 4.10. The van der Waals surface area contributed by atoms with Crippen LogP contribution in [0.4, 0.5) is 0 Å². The molecule has 0 bridgehead atoms. The quantitative estimate of drug-likeness (QED) is 0.714. The van der Waals surface area contributed by atoms with Crippen LogP contribution in [0.3, 0.4) is 0 Å². The minimum Gasteiger partial charge on any atom is -0.493 e. The van der Waals surface area contributed by atoms with Crippen LogP contribution in [0.1, 0.15) is 30.8 Å². The van der Waals surface area contributed by atoms with E-state index in [-0.39, 0.29) is 6.10 Å². The molecule has 4 rings (SSSR count). The molecular formula is C21H19N3O2. The van der Waals surface area contributed by atoms with E-state index in [1.54, 1.807) is 6.08 Å². The summed E-state index contributed by atoms with van der Waals surface area (Å²) in [7, 11) is 0. The molecule has 3 aromatic rings. The molecule has 0 fully saturated rings. The average molecular weight is 345 g/mol. The van der Waals surface area contributed by atoms with Gasteiger partial charge in [0.25, 0.3) is 0 Å². The molecule has 1 aliphatic rings. The van der Waals surface area contributed by atoms with Crippen LogP contribution in [0.15, 0.2) is 36.4 Å². The van der Waals surface area contributed by atoms with Gasteiger partial charge in [0.15, 0.2) is 0 Å². The second kappa shape index (κ2) is 6.57. The molecule has 0 amide bonds. The lowest BCUT2D eigenvalue weighted by Gasteiger charge is -2.10. The van der Waals surface area contributed by atoms with Crippen molar-refractivity contribution < 1.29 is 9.47 Å². The number of fused-ring (bicyclic) bond motifs is 2. The number of ether oxygens (including phenoxy) is 2. The minimum atomic E-state index is 0.157. The van der Waals surface area contributed by atoms with Crippen molar-refractivity contribution >= 4 is 22.7 Å². The first kappa shape index (κ1) is 16.2. The summed E-state index contributed by atoms with van der Waals surface area (Å²) in [6, 6.07) is 13.9. The highest BCUT2D eigenvalue weighted by molar-refractivity contribution is 5.91. The van der Waals surface area contributed by atoms with Gasteiger partial charge in [0.1, 0.15) is 29.5 Å². The number of aromatic amines is 1. The molecule has 0 radical (unpaired) electrons. The fourth-order valence-corrected chi connectivity index (χ4v) is 3.24. The smallest absolute Gasteiger partial charge is 0.149 e. The third kappa shape index (κ3) is 2.91. The zero-order valence-electron chi connectivity index (χ0n) is 14.7. The fraction of sp³-hybridized carbons (Fsp3) is 0.238. The molecule has 1 atom stereocenters. The number of imidazole rings is 1. The van der Waals surface area contributed by atoms with Gasteiger partial charge in [-0.1, -0.05) is 12.1 Å². The second-order valence-electron chi connectivity index (χ2n) is 6.34. The van der Waals surface area contributed by atoms with E-state index in [2.05, 4.69) is 16.0 Å². The summed E-state index contributed by atoms with van der Waals surface area (Å²) in [5, 5.41) is 9.67. The van der Waals surface area contributed by atoms with Gasteiger partial charge in [0.2, 0.25) is 0 Å². The zero-order chi connectivity index (χ0) is 18.1. The molecule has 1 N–H and O–H groups in total. The van der Waals surface area contributed by atoms with E-state index in [4.69, 9.17) is 9.47 Å². The topological polar surface area (TPSA) is 70.9 Å². The van der Waals surface area contributed by atoms with Crippen LogP contribution in [-0.4, -0.2) is 22.7 Å². The predicted octanol–water partition coefficient (Wildman–Crippen LogP) is 4.35. The number of hydrogen-bond acceptors (Lipinski definition) is 4. The summed E-state index contributed by atoms with van der Waals surface area (Å²) in [4.78, 5) is 7.73. The van der Waals surface area contributed by atoms with Crippen molar-refractivity contribution in [1.29, 1.82) is 5.26 Å². The summed E-state index contributed by atoms with van der Waals surface area (Å²) in [5.74, 6) is 2.16. The second-order valence-corrected chi connectivity index (χ2v) is 6.34. The van der Waals surface area contributed by atoms with Gasteiger partial charge >= 0.3 is 0 Å². The van der Waals surface area contributed by atoms with E-state index in [1.807, 2.05) is 50.2 Å². The Morgan fingerprint density at radius 1 is 1.42 bits per heavy atom. The molecule has 5 nitrogen and oxygen atoms in total. The van der Waals surface area contributed by atoms with Crippen LogP contribution < -0.4 is 9.47 Å². The highest BCUT2D eigenvalue weighted by atomic mass is 16.5. The third-order valence-corrected chi connectivity index (χ3v) is 4.39. The maximum absolute atomic E-state index is 9.67. The number of rotatable bonds is 4. The SMILES string of the molecule is CCOc1cc2c(cc1/C=C(\C#N)c1nc3ccccc3[nH]1)O[C@H](C)C2. The Balaban J connectivity index is 1.80. The van der Waals surface area contributed by atoms with E-state index >= 15 is 0 Å². The molecule has 0 saturated carbocycles. The number of benzene rings is 2. The van der Waals surface area contributed by atoms with Crippen molar-refractivity contribution in [3.05, 3.63) is 53.3 Å². The van der Waals surface area contributed by atoms with Crippen molar-refractivity contribution in [2.75, 3.05) is 6.61 Å². The van der Waals surface area contributed by atoms with Crippen molar-refractivity contribution in [3.8, 4) is 17.6 Å². The fourth-order valence-electron chi connectivity index (χ4n) is 3.24. The Morgan fingerprint density at radius 2 is 2.27 bits per heavy atom. The number of nitrogens with zero attached hydrogens (tertiary/aromatic N) is 2. The molecule has 130 valence electrons. The van der Waals surface area contributed by atoms with Crippen LogP contribution >= 0.6 is 0 Å². The van der Waals surface area contributed by atoms with Gasteiger partial charge in [0.05, 0.1) is 23.2 Å². The van der Waals surface area contributed by atoms with Crippen molar-refractivity contribution in [1.82, 2.24) is 9.97 Å². The van der Waals surface area contributed by atoms with Crippen LogP contribution in [-0.2, 0) is 6.42 Å². The van der Waals surface area contributed by atoms with Crippen molar-refractivity contribution in [3.63, 3.8) is 0 Å². The molecule has 2 aromatic carbocycles. The van der Waals surface area contributed by atoms with E-state index in [9.17, 15) is 5.26 Å². The largest absolute Gasteiger partial charge is 0.493 e. The molecule has 0 spiro atoms. The van der Waals surface area contributed by atoms with Gasteiger partial charge in [0, 0.05) is 17.5 Å². The summed E-state index contributed by atoms with van der Waals surface area (Å²) in [6.45, 7) is 4.55. The number of para-hydroxylation sites is 2. The van der Waals surface area contributed by atoms with E-state index in [1.165, 1.54) is 0 Å². The van der Waals surface area contributed by atoms with Crippen LogP contribution in [0.5, 0.6) is 11.5 Å². The lowest BCUT2D eigenvalue weighted by molar-refractivity contribution is 0.254. The Hall–Kier alpha value is -3.26. The third-order valence-electron chi connectivity index (χ3n) is 4.39. The average Bonchev–Trinajstić information content (AvgIpc) is 3.21. The summed E-state index contributed by atoms with van der Waals surface area (Å²) in [6.07, 6.45) is 2.83. The predicted molar refractivity (Wildman–Crippen MR) is 101 cm³/mol. The van der Waals surface area contributed by atoms with Gasteiger partial charge in [-0.2, -0.15) is 5.26 Å². The van der Waals surface area contributed by atoms with Crippen molar-refractivity contribution in [2.24, 2.45) is 0 Å². The van der Waals surface area contributed by atoms with Gasteiger partial charge in [-0.15, -0.1) is 0 Å². The molecule has 26 heavy (non-hydrogen) atoms. The standard InChI is InChI=1S/C21H19N3O2/c1-3-25-19-10-14-8-13(2)26-20(14)11-15(19)9-16(12-22)21-23-17-6-4-5-7-18(17)24-21/h4-7,9-11,13H,3,8H2,1-2H3,(H,23,24)/b16-9+/t13-/m1/s1. The molecular weight excluding hydrogens is 326 g/mol. The Morgan fingerprint density at radius 3 is 3.04 bits per heavy atom. The number of allylic oxidation sites excluding steroid dienone is 1. The summed E-state index contributed by atoms with van der Waals surface area (Å²) >= 11 is 0. The summed E-state index contributed by atoms with van der Waals surface area (Å²) in [5.41, 5.74) is 4.14. The van der Waals surface area contributed by atoms with Crippen LogP contribution in [0.25, 0.3) is 22.7 Å². The summed E-state index contributed by atoms with van der Waals surface area (Å²) < 4.78 is 11.7. The molecule has 0 unspecified atom stereocenters.